The number of esters is 3. The van der Waals surface area contributed by atoms with E-state index in [1.165, 1.54) is 38.4 Å². The van der Waals surface area contributed by atoms with E-state index in [4.69, 9.17) is 19.9 Å². The predicted octanol–water partition coefficient (Wildman–Crippen LogP) is 4.75. The molecule has 0 radical (unpaired) electrons. The second-order valence-corrected chi connectivity index (χ2v) is 8.94. The van der Waals surface area contributed by atoms with E-state index in [0.29, 0.717) is 22.4 Å². The molecule has 0 aliphatic rings. The Bertz CT molecular complexity index is 1410. The summed E-state index contributed by atoms with van der Waals surface area (Å²) in [7, 11) is 1.31. The lowest BCUT2D eigenvalue weighted by molar-refractivity contribution is -0.144. The molecule has 37 heavy (non-hydrogen) atoms. The van der Waals surface area contributed by atoms with Gasteiger partial charge in [0.05, 0.1) is 18.4 Å². The lowest BCUT2D eigenvalue weighted by atomic mass is 9.67. The van der Waals surface area contributed by atoms with Gasteiger partial charge in [-0.1, -0.05) is 66.7 Å². The summed E-state index contributed by atoms with van der Waals surface area (Å²) in [5, 5.41) is 1.94. The van der Waals surface area contributed by atoms with E-state index in [2.05, 4.69) is 4.98 Å². The average molecular weight is 517 g/mol. The van der Waals surface area contributed by atoms with Crippen LogP contribution in [-0.2, 0) is 24.5 Å². The normalized spacial score (nSPS) is 11.0. The number of anilines is 1. The maximum absolute atomic E-state index is 14.0. The van der Waals surface area contributed by atoms with Crippen molar-refractivity contribution >= 4 is 34.4 Å². The SMILES string of the molecule is COC(=O)C(c1ccccc1)(c1ccccc1)c1ccc(OC(C)=O)c(OC(C)=O)c1-c1csc(N)n1. The van der Waals surface area contributed by atoms with Gasteiger partial charge in [-0.2, -0.15) is 0 Å². The third kappa shape index (κ3) is 4.81. The monoisotopic (exact) mass is 516 g/mol. The Hall–Kier alpha value is -4.50. The zero-order valence-corrected chi connectivity index (χ0v) is 21.2. The quantitative estimate of drug-likeness (QED) is 0.212. The number of hydrogen-bond acceptors (Lipinski definition) is 9. The molecule has 0 aliphatic carbocycles. The maximum Gasteiger partial charge on any atom is 0.325 e. The van der Waals surface area contributed by atoms with Crippen LogP contribution < -0.4 is 15.2 Å². The summed E-state index contributed by atoms with van der Waals surface area (Å²) in [4.78, 5) is 42.5. The van der Waals surface area contributed by atoms with Crippen molar-refractivity contribution in [2.45, 2.75) is 19.3 Å². The predicted molar refractivity (Wildman–Crippen MR) is 139 cm³/mol. The molecule has 2 N–H and O–H groups in total. The zero-order valence-electron chi connectivity index (χ0n) is 20.4. The Balaban J connectivity index is 2.23. The summed E-state index contributed by atoms with van der Waals surface area (Å²) in [5.74, 6) is -1.92. The Labute approximate surface area is 217 Å². The van der Waals surface area contributed by atoms with Crippen LogP contribution in [0.1, 0.15) is 30.5 Å². The van der Waals surface area contributed by atoms with Crippen LogP contribution in [0.3, 0.4) is 0 Å². The van der Waals surface area contributed by atoms with Gasteiger partial charge in [0.2, 0.25) is 0 Å². The molecule has 1 aromatic heterocycles. The van der Waals surface area contributed by atoms with Crippen molar-refractivity contribution < 1.29 is 28.6 Å². The van der Waals surface area contributed by atoms with Crippen LogP contribution in [0.5, 0.6) is 11.5 Å². The fourth-order valence-electron chi connectivity index (χ4n) is 4.37. The molecule has 0 saturated heterocycles. The number of ether oxygens (including phenoxy) is 3. The van der Waals surface area contributed by atoms with Crippen molar-refractivity contribution in [1.82, 2.24) is 4.98 Å². The van der Waals surface area contributed by atoms with Crippen LogP contribution in [0.2, 0.25) is 0 Å². The van der Waals surface area contributed by atoms with Crippen LogP contribution in [-0.4, -0.2) is 30.0 Å². The minimum absolute atomic E-state index is 0.00656. The van der Waals surface area contributed by atoms with Crippen LogP contribution in [0.25, 0.3) is 11.3 Å². The number of aromatic nitrogens is 1. The summed E-state index contributed by atoms with van der Waals surface area (Å²) >= 11 is 1.17. The minimum atomic E-state index is -1.52. The highest BCUT2D eigenvalue weighted by molar-refractivity contribution is 7.13. The zero-order chi connectivity index (χ0) is 26.6. The Morgan fingerprint density at radius 3 is 1.86 bits per heavy atom. The van der Waals surface area contributed by atoms with Gasteiger partial charge in [0, 0.05) is 19.2 Å². The first kappa shape index (κ1) is 25.6. The fourth-order valence-corrected chi connectivity index (χ4v) is 4.92. The fraction of sp³-hybridized carbons (Fsp3) is 0.143. The van der Waals surface area contributed by atoms with Crippen molar-refractivity contribution in [3.05, 3.63) is 94.9 Å². The standard InChI is InChI=1S/C28H24N2O6S/c1-17(31)35-23-15-14-21(24(25(23)36-18(2)32)22-16-37-27(29)30-22)28(26(33)34-3,19-10-6-4-7-11-19)20-12-8-5-9-13-20/h4-16H,1-3H3,(H2,29,30). The van der Waals surface area contributed by atoms with Crippen LogP contribution >= 0.6 is 11.3 Å². The lowest BCUT2D eigenvalue weighted by Gasteiger charge is -2.35. The van der Waals surface area contributed by atoms with E-state index in [0.717, 1.165) is 0 Å². The Kier molecular flexibility index (Phi) is 7.35. The molecule has 0 bridgehead atoms. The number of carbonyl (C=O) groups excluding carboxylic acids is 3. The van der Waals surface area contributed by atoms with E-state index in [9.17, 15) is 14.4 Å². The number of nitrogen functional groups attached to an aromatic ring is 1. The number of methoxy groups -OCH3 is 1. The highest BCUT2D eigenvalue weighted by atomic mass is 32.1. The van der Waals surface area contributed by atoms with Crippen molar-refractivity contribution in [3.8, 4) is 22.8 Å². The number of rotatable bonds is 7. The molecule has 0 unspecified atom stereocenters. The van der Waals surface area contributed by atoms with Gasteiger partial charge in [-0.25, -0.2) is 4.98 Å². The van der Waals surface area contributed by atoms with E-state index < -0.39 is 23.3 Å². The molecule has 0 atom stereocenters. The summed E-state index contributed by atoms with van der Waals surface area (Å²) < 4.78 is 16.4. The van der Waals surface area contributed by atoms with Gasteiger partial charge >= 0.3 is 17.9 Å². The topological polar surface area (TPSA) is 118 Å². The molecular formula is C28H24N2O6S. The summed E-state index contributed by atoms with van der Waals surface area (Å²) in [5.41, 5.74) is 6.66. The van der Waals surface area contributed by atoms with E-state index in [1.807, 2.05) is 60.7 Å². The molecule has 188 valence electrons. The van der Waals surface area contributed by atoms with Gasteiger partial charge in [0.25, 0.3) is 0 Å². The van der Waals surface area contributed by atoms with Crippen molar-refractivity contribution in [2.75, 3.05) is 12.8 Å². The summed E-state index contributed by atoms with van der Waals surface area (Å²) in [6, 6.07) is 21.3. The smallest absolute Gasteiger partial charge is 0.325 e. The van der Waals surface area contributed by atoms with Crippen LogP contribution in [0, 0.1) is 0 Å². The second kappa shape index (κ2) is 10.6. The Morgan fingerprint density at radius 2 is 1.41 bits per heavy atom. The first-order valence-electron chi connectivity index (χ1n) is 11.2. The van der Waals surface area contributed by atoms with E-state index >= 15 is 0 Å². The van der Waals surface area contributed by atoms with Gasteiger partial charge in [-0.05, 0) is 22.8 Å². The molecule has 0 fully saturated rings. The average Bonchev–Trinajstić information content (AvgIpc) is 3.32. The largest absolute Gasteiger partial charge is 0.468 e. The van der Waals surface area contributed by atoms with Gasteiger partial charge in [0.1, 0.15) is 5.41 Å². The number of carbonyl (C=O) groups is 3. The maximum atomic E-state index is 14.0. The number of nitrogens with zero attached hydrogens (tertiary/aromatic N) is 1. The first-order chi connectivity index (χ1) is 17.8. The third-order valence-corrected chi connectivity index (χ3v) is 6.38. The van der Waals surface area contributed by atoms with Crippen molar-refractivity contribution in [1.29, 1.82) is 0 Å². The number of thiazole rings is 1. The molecule has 4 rings (SSSR count). The van der Waals surface area contributed by atoms with E-state index in [-0.39, 0.29) is 22.2 Å². The third-order valence-electron chi connectivity index (χ3n) is 5.71. The molecule has 0 spiro atoms. The summed E-state index contributed by atoms with van der Waals surface area (Å²) in [6.45, 7) is 2.46. The van der Waals surface area contributed by atoms with Crippen LogP contribution in [0.15, 0.2) is 78.2 Å². The Morgan fingerprint density at radius 1 is 0.838 bits per heavy atom. The molecule has 3 aromatic carbocycles. The van der Waals surface area contributed by atoms with Gasteiger partial charge in [-0.3, -0.25) is 14.4 Å². The molecule has 9 heteroatoms. The molecular weight excluding hydrogens is 492 g/mol. The highest BCUT2D eigenvalue weighted by Gasteiger charge is 2.48. The molecule has 4 aromatic rings. The van der Waals surface area contributed by atoms with Gasteiger partial charge in [0.15, 0.2) is 16.6 Å². The van der Waals surface area contributed by atoms with Crippen LogP contribution in [0.4, 0.5) is 5.13 Å². The van der Waals surface area contributed by atoms with E-state index in [1.54, 1.807) is 11.4 Å². The lowest BCUT2D eigenvalue weighted by Crippen LogP contribution is -2.40. The second-order valence-electron chi connectivity index (χ2n) is 8.05. The van der Waals surface area contributed by atoms with Crippen molar-refractivity contribution in [2.24, 2.45) is 0 Å². The van der Waals surface area contributed by atoms with Gasteiger partial charge < -0.3 is 19.9 Å². The molecule has 8 nitrogen and oxygen atoms in total. The first-order valence-corrected chi connectivity index (χ1v) is 12.1. The minimum Gasteiger partial charge on any atom is -0.468 e. The number of nitrogens with two attached hydrogens (primary N) is 1. The van der Waals surface area contributed by atoms with Crippen molar-refractivity contribution in [3.63, 3.8) is 0 Å². The molecule has 0 saturated carbocycles. The summed E-state index contributed by atoms with van der Waals surface area (Å²) in [6.07, 6.45) is 0. The van der Waals surface area contributed by atoms with Gasteiger partial charge in [-0.15, -0.1) is 11.3 Å². The molecule has 1 heterocycles. The molecule has 0 amide bonds. The number of hydrogen-bond donors (Lipinski definition) is 1. The number of benzene rings is 3. The molecule has 0 aliphatic heterocycles. The highest BCUT2D eigenvalue weighted by Crippen LogP contribution is 2.50.